The van der Waals surface area contributed by atoms with Gasteiger partial charge < -0.3 is 15.0 Å². The third kappa shape index (κ3) is 4.04. The number of aromatic nitrogens is 2. The fourth-order valence-corrected chi connectivity index (χ4v) is 2.90. The molecule has 0 saturated heterocycles. The van der Waals surface area contributed by atoms with Crippen molar-refractivity contribution in [1.82, 2.24) is 10.1 Å². The topological polar surface area (TPSA) is 74.2 Å². The zero-order chi connectivity index (χ0) is 15.5. The van der Waals surface area contributed by atoms with Crippen LogP contribution in [-0.4, -0.2) is 16.7 Å². The summed E-state index contributed by atoms with van der Waals surface area (Å²) in [7, 11) is 0. The highest BCUT2D eigenvalue weighted by Crippen LogP contribution is 2.37. The number of nitrogens with two attached hydrogens (primary N) is 1. The molecule has 1 aromatic rings. The number of hydrogen-bond acceptors (Lipinski definition) is 5. The molecule has 0 radical (unpaired) electrons. The number of hydrogen-bond donors (Lipinski definition) is 1. The van der Waals surface area contributed by atoms with Gasteiger partial charge in [0, 0.05) is 6.61 Å². The first kappa shape index (κ1) is 16.4. The summed E-state index contributed by atoms with van der Waals surface area (Å²) in [5.41, 5.74) is 6.10. The predicted octanol–water partition coefficient (Wildman–Crippen LogP) is 3.77. The lowest BCUT2D eigenvalue weighted by atomic mass is 9.85. The molecule has 120 valence electrons. The molecule has 5 heteroatoms. The first-order valence-electron chi connectivity index (χ1n) is 8.14. The second kappa shape index (κ2) is 6.88. The van der Waals surface area contributed by atoms with Crippen LogP contribution in [0.5, 0.6) is 0 Å². The Morgan fingerprint density at radius 1 is 1.29 bits per heavy atom. The van der Waals surface area contributed by atoms with Gasteiger partial charge in [0.25, 0.3) is 0 Å². The zero-order valence-corrected chi connectivity index (χ0v) is 13.8. The molecule has 0 aliphatic heterocycles. The maximum Gasteiger partial charge on any atom is 0.244 e. The SMILES string of the molecule is CCOC(c1noc([C@@H](N)C(C)(C)C)n1)C1CCCCC1. The Balaban J connectivity index is 2.15. The minimum Gasteiger partial charge on any atom is -0.370 e. The van der Waals surface area contributed by atoms with Crippen molar-refractivity contribution in [2.24, 2.45) is 17.1 Å². The second-order valence-electron chi connectivity index (χ2n) is 7.11. The monoisotopic (exact) mass is 295 g/mol. The highest BCUT2D eigenvalue weighted by atomic mass is 16.5. The van der Waals surface area contributed by atoms with E-state index in [1.165, 1.54) is 32.1 Å². The molecular formula is C16H29N3O2. The van der Waals surface area contributed by atoms with Gasteiger partial charge in [0.1, 0.15) is 6.10 Å². The van der Waals surface area contributed by atoms with Gasteiger partial charge in [0.2, 0.25) is 11.7 Å². The van der Waals surface area contributed by atoms with Crippen molar-refractivity contribution in [1.29, 1.82) is 0 Å². The summed E-state index contributed by atoms with van der Waals surface area (Å²) in [6.07, 6.45) is 6.16. The van der Waals surface area contributed by atoms with Crippen molar-refractivity contribution in [2.75, 3.05) is 6.61 Å². The molecule has 1 fully saturated rings. The Bertz CT molecular complexity index is 433. The van der Waals surface area contributed by atoms with Crippen LogP contribution in [0.25, 0.3) is 0 Å². The molecular weight excluding hydrogens is 266 g/mol. The maximum absolute atomic E-state index is 6.20. The quantitative estimate of drug-likeness (QED) is 0.895. The molecule has 0 bridgehead atoms. The van der Waals surface area contributed by atoms with Crippen LogP contribution < -0.4 is 5.73 Å². The minimum absolute atomic E-state index is 0.0556. The van der Waals surface area contributed by atoms with Crippen molar-refractivity contribution in [3.05, 3.63) is 11.7 Å². The second-order valence-corrected chi connectivity index (χ2v) is 7.11. The highest BCUT2D eigenvalue weighted by Gasteiger charge is 2.32. The van der Waals surface area contributed by atoms with Gasteiger partial charge >= 0.3 is 0 Å². The maximum atomic E-state index is 6.20. The Morgan fingerprint density at radius 3 is 2.52 bits per heavy atom. The van der Waals surface area contributed by atoms with E-state index < -0.39 is 0 Å². The fourth-order valence-electron chi connectivity index (χ4n) is 2.90. The standard InChI is InChI=1S/C16H29N3O2/c1-5-20-12(11-9-7-6-8-10-11)14-18-15(21-19-14)13(17)16(2,3)4/h11-13H,5-10,17H2,1-4H3/t12?,13-/m1/s1. The average molecular weight is 295 g/mol. The molecule has 1 aliphatic rings. The minimum atomic E-state index is -0.257. The molecule has 0 aromatic carbocycles. The molecule has 5 nitrogen and oxygen atoms in total. The first-order chi connectivity index (χ1) is 9.93. The molecule has 21 heavy (non-hydrogen) atoms. The van der Waals surface area contributed by atoms with Crippen molar-refractivity contribution in [2.45, 2.75) is 71.9 Å². The van der Waals surface area contributed by atoms with E-state index in [-0.39, 0.29) is 17.6 Å². The normalized spacial score (nSPS) is 20.4. The first-order valence-corrected chi connectivity index (χ1v) is 8.14. The van der Waals surface area contributed by atoms with Gasteiger partial charge in [0.05, 0.1) is 6.04 Å². The molecule has 1 aliphatic carbocycles. The van der Waals surface area contributed by atoms with E-state index in [1.807, 2.05) is 6.92 Å². The molecule has 2 atom stereocenters. The van der Waals surface area contributed by atoms with E-state index in [9.17, 15) is 0 Å². The van der Waals surface area contributed by atoms with Gasteiger partial charge in [-0.15, -0.1) is 0 Å². The molecule has 2 rings (SSSR count). The van der Waals surface area contributed by atoms with Crippen molar-refractivity contribution >= 4 is 0 Å². The van der Waals surface area contributed by atoms with Gasteiger partial charge in [-0.1, -0.05) is 45.2 Å². The summed E-state index contributed by atoms with van der Waals surface area (Å²) in [6, 6.07) is -0.257. The van der Waals surface area contributed by atoms with Crippen molar-refractivity contribution in [3.8, 4) is 0 Å². The Hall–Kier alpha value is -0.940. The Morgan fingerprint density at radius 2 is 1.95 bits per heavy atom. The lowest BCUT2D eigenvalue weighted by Gasteiger charge is -2.28. The summed E-state index contributed by atoms with van der Waals surface area (Å²) in [4.78, 5) is 4.54. The molecule has 0 spiro atoms. The predicted molar refractivity (Wildman–Crippen MR) is 81.6 cm³/mol. The summed E-state index contributed by atoms with van der Waals surface area (Å²) >= 11 is 0. The molecule has 2 N–H and O–H groups in total. The Labute approximate surface area is 127 Å². The third-order valence-electron chi connectivity index (χ3n) is 4.34. The summed E-state index contributed by atoms with van der Waals surface area (Å²) in [5, 5.41) is 4.15. The molecule has 0 amide bonds. The van der Waals surface area contributed by atoms with Crippen molar-refractivity contribution in [3.63, 3.8) is 0 Å². The third-order valence-corrected chi connectivity index (χ3v) is 4.34. The number of nitrogens with zero attached hydrogens (tertiary/aromatic N) is 2. The van der Waals surface area contributed by atoms with Crippen LogP contribution in [0.1, 0.15) is 83.7 Å². The average Bonchev–Trinajstić information content (AvgIpc) is 2.93. The Kier molecular flexibility index (Phi) is 5.38. The van der Waals surface area contributed by atoms with E-state index in [1.54, 1.807) is 0 Å². The van der Waals surface area contributed by atoms with Gasteiger partial charge in [-0.05, 0) is 31.1 Å². The van der Waals surface area contributed by atoms with Crippen LogP contribution in [0.4, 0.5) is 0 Å². The molecule has 1 heterocycles. The molecule has 1 saturated carbocycles. The molecule has 1 unspecified atom stereocenters. The molecule has 1 aromatic heterocycles. The lowest BCUT2D eigenvalue weighted by molar-refractivity contribution is -0.00145. The van der Waals surface area contributed by atoms with Gasteiger partial charge in [-0.25, -0.2) is 0 Å². The van der Waals surface area contributed by atoms with E-state index >= 15 is 0 Å². The van der Waals surface area contributed by atoms with E-state index in [2.05, 4.69) is 30.9 Å². The van der Waals surface area contributed by atoms with Gasteiger partial charge in [-0.3, -0.25) is 0 Å². The summed E-state index contributed by atoms with van der Waals surface area (Å²) in [6.45, 7) is 8.89. The summed E-state index contributed by atoms with van der Waals surface area (Å²) in [5.74, 6) is 1.67. The summed E-state index contributed by atoms with van der Waals surface area (Å²) < 4.78 is 11.3. The van der Waals surface area contributed by atoms with Crippen LogP contribution in [-0.2, 0) is 4.74 Å². The highest BCUT2D eigenvalue weighted by molar-refractivity contribution is 5.00. The van der Waals surface area contributed by atoms with Gasteiger partial charge in [0.15, 0.2) is 0 Å². The van der Waals surface area contributed by atoms with Crippen LogP contribution in [0, 0.1) is 11.3 Å². The fraction of sp³-hybridized carbons (Fsp3) is 0.875. The van der Waals surface area contributed by atoms with E-state index in [4.69, 9.17) is 15.0 Å². The number of ether oxygens (including phenoxy) is 1. The van der Waals surface area contributed by atoms with E-state index in [0.29, 0.717) is 24.2 Å². The zero-order valence-electron chi connectivity index (χ0n) is 13.8. The smallest absolute Gasteiger partial charge is 0.244 e. The van der Waals surface area contributed by atoms with Crippen LogP contribution >= 0.6 is 0 Å². The van der Waals surface area contributed by atoms with Gasteiger partial charge in [-0.2, -0.15) is 4.98 Å². The van der Waals surface area contributed by atoms with Crippen LogP contribution in [0.15, 0.2) is 4.52 Å². The number of rotatable bonds is 5. The van der Waals surface area contributed by atoms with E-state index in [0.717, 1.165) is 0 Å². The largest absolute Gasteiger partial charge is 0.370 e. The van der Waals surface area contributed by atoms with Crippen LogP contribution in [0.2, 0.25) is 0 Å². The lowest BCUT2D eigenvalue weighted by Crippen LogP contribution is -2.26. The van der Waals surface area contributed by atoms with Crippen LogP contribution in [0.3, 0.4) is 0 Å². The van der Waals surface area contributed by atoms with Crippen molar-refractivity contribution < 1.29 is 9.26 Å².